The zero-order chi connectivity index (χ0) is 18.8. The third-order valence-corrected chi connectivity index (χ3v) is 4.27. The summed E-state index contributed by atoms with van der Waals surface area (Å²) in [5.41, 5.74) is 0.210. The SMILES string of the molecule is CC(=O)N[C@H](c1ccccc1Cl)c1cc([N+](=O)[O-])c2cccnc2c1[O-]. The molecule has 0 aliphatic heterocycles. The predicted molar refractivity (Wildman–Crippen MR) is 95.0 cm³/mol. The van der Waals surface area contributed by atoms with E-state index >= 15 is 0 Å². The second kappa shape index (κ2) is 6.97. The van der Waals surface area contributed by atoms with Crippen molar-refractivity contribution in [1.82, 2.24) is 10.3 Å². The van der Waals surface area contributed by atoms with Crippen molar-refractivity contribution in [3.05, 3.63) is 74.9 Å². The lowest BCUT2D eigenvalue weighted by Crippen LogP contribution is -2.28. The molecule has 2 aromatic carbocycles. The van der Waals surface area contributed by atoms with E-state index in [1.165, 1.54) is 31.3 Å². The lowest BCUT2D eigenvalue weighted by atomic mass is 9.95. The number of pyridine rings is 1. The molecule has 3 aromatic rings. The molecule has 1 heterocycles. The fraction of sp³-hybridized carbons (Fsp3) is 0.111. The van der Waals surface area contributed by atoms with Crippen LogP contribution in [0, 0.1) is 10.1 Å². The first-order chi connectivity index (χ1) is 12.4. The van der Waals surface area contributed by atoms with E-state index in [0.717, 1.165) is 0 Å². The molecule has 0 saturated carbocycles. The van der Waals surface area contributed by atoms with Gasteiger partial charge in [-0.2, -0.15) is 0 Å². The number of fused-ring (bicyclic) bond motifs is 1. The van der Waals surface area contributed by atoms with Gasteiger partial charge in [-0.1, -0.05) is 35.5 Å². The van der Waals surface area contributed by atoms with Crippen molar-refractivity contribution in [3.8, 4) is 5.75 Å². The molecule has 7 nitrogen and oxygen atoms in total. The molecule has 1 aromatic heterocycles. The van der Waals surface area contributed by atoms with Gasteiger partial charge in [0.15, 0.2) is 0 Å². The van der Waals surface area contributed by atoms with E-state index in [2.05, 4.69) is 10.3 Å². The van der Waals surface area contributed by atoms with Gasteiger partial charge in [0.2, 0.25) is 5.91 Å². The van der Waals surface area contributed by atoms with Gasteiger partial charge >= 0.3 is 0 Å². The van der Waals surface area contributed by atoms with Crippen molar-refractivity contribution in [2.45, 2.75) is 13.0 Å². The van der Waals surface area contributed by atoms with Gasteiger partial charge in [0.25, 0.3) is 5.69 Å². The predicted octanol–water partition coefficient (Wildman–Crippen LogP) is 3.10. The van der Waals surface area contributed by atoms with E-state index in [1.54, 1.807) is 24.3 Å². The lowest BCUT2D eigenvalue weighted by Gasteiger charge is -2.25. The summed E-state index contributed by atoms with van der Waals surface area (Å²) in [6.07, 6.45) is 1.39. The Hall–Kier alpha value is -3.19. The Labute approximate surface area is 153 Å². The Kier molecular flexibility index (Phi) is 4.73. The normalized spacial score (nSPS) is 11.9. The van der Waals surface area contributed by atoms with Gasteiger partial charge in [-0.05, 0) is 29.3 Å². The molecular formula is C18H13ClN3O4-. The Morgan fingerprint density at radius 2 is 1.96 bits per heavy atom. The van der Waals surface area contributed by atoms with Crippen molar-refractivity contribution in [2.24, 2.45) is 0 Å². The first-order valence-corrected chi connectivity index (χ1v) is 8.02. The molecular weight excluding hydrogens is 358 g/mol. The van der Waals surface area contributed by atoms with Gasteiger partial charge in [0, 0.05) is 24.2 Å². The van der Waals surface area contributed by atoms with E-state index < -0.39 is 22.6 Å². The second-order valence-electron chi connectivity index (χ2n) is 5.63. The van der Waals surface area contributed by atoms with E-state index in [0.29, 0.717) is 10.6 Å². The number of carbonyl (C=O) groups excluding carboxylic acids is 1. The number of hydrogen-bond donors (Lipinski definition) is 1. The van der Waals surface area contributed by atoms with Crippen molar-refractivity contribution >= 4 is 34.1 Å². The number of nitrogens with zero attached hydrogens (tertiary/aromatic N) is 2. The number of benzene rings is 2. The maximum absolute atomic E-state index is 12.9. The molecule has 1 N–H and O–H groups in total. The highest BCUT2D eigenvalue weighted by Crippen LogP contribution is 2.39. The minimum absolute atomic E-state index is 0.0286. The Morgan fingerprint density at radius 1 is 1.23 bits per heavy atom. The van der Waals surface area contributed by atoms with E-state index in [9.17, 15) is 20.0 Å². The van der Waals surface area contributed by atoms with E-state index in [4.69, 9.17) is 11.6 Å². The average molecular weight is 371 g/mol. The first-order valence-electron chi connectivity index (χ1n) is 7.64. The van der Waals surface area contributed by atoms with Crippen LogP contribution < -0.4 is 10.4 Å². The number of nitro groups is 1. The minimum Gasteiger partial charge on any atom is -0.871 e. The Bertz CT molecular complexity index is 1020. The number of nitro benzene ring substituents is 1. The zero-order valence-corrected chi connectivity index (χ0v) is 14.4. The number of rotatable bonds is 4. The molecule has 0 unspecified atom stereocenters. The largest absolute Gasteiger partial charge is 0.871 e. The maximum atomic E-state index is 12.9. The molecule has 1 atom stereocenters. The fourth-order valence-corrected chi connectivity index (χ4v) is 3.07. The number of non-ortho nitro benzene ring substituents is 1. The van der Waals surface area contributed by atoms with E-state index in [-0.39, 0.29) is 22.2 Å². The molecule has 0 fully saturated rings. The van der Waals surface area contributed by atoms with Crippen molar-refractivity contribution in [2.75, 3.05) is 0 Å². The zero-order valence-electron chi connectivity index (χ0n) is 13.6. The Morgan fingerprint density at radius 3 is 2.62 bits per heavy atom. The molecule has 0 aliphatic rings. The summed E-state index contributed by atoms with van der Waals surface area (Å²) >= 11 is 6.22. The van der Waals surface area contributed by atoms with Crippen LogP contribution in [0.25, 0.3) is 10.9 Å². The smallest absolute Gasteiger partial charge is 0.279 e. The van der Waals surface area contributed by atoms with Gasteiger partial charge in [-0.3, -0.25) is 19.9 Å². The van der Waals surface area contributed by atoms with Crippen LogP contribution in [0.3, 0.4) is 0 Å². The topological polar surface area (TPSA) is 108 Å². The number of nitrogens with one attached hydrogen (secondary N) is 1. The maximum Gasteiger partial charge on any atom is 0.279 e. The number of halogens is 1. The highest BCUT2D eigenvalue weighted by molar-refractivity contribution is 6.31. The third kappa shape index (κ3) is 3.16. The van der Waals surface area contributed by atoms with Gasteiger partial charge in [0.05, 0.1) is 21.9 Å². The van der Waals surface area contributed by atoms with Crippen LogP contribution in [0.1, 0.15) is 24.1 Å². The van der Waals surface area contributed by atoms with Gasteiger partial charge in [-0.15, -0.1) is 0 Å². The third-order valence-electron chi connectivity index (χ3n) is 3.92. The summed E-state index contributed by atoms with van der Waals surface area (Å²) in [5, 5.41) is 27.5. The van der Waals surface area contributed by atoms with Crippen LogP contribution in [-0.4, -0.2) is 15.8 Å². The van der Waals surface area contributed by atoms with Crippen LogP contribution in [0.4, 0.5) is 5.69 Å². The van der Waals surface area contributed by atoms with Crippen LogP contribution in [0.15, 0.2) is 48.7 Å². The quantitative estimate of drug-likeness (QED) is 0.560. The summed E-state index contributed by atoms with van der Waals surface area (Å²) < 4.78 is 0. The highest BCUT2D eigenvalue weighted by atomic mass is 35.5. The van der Waals surface area contributed by atoms with Gasteiger partial charge < -0.3 is 10.4 Å². The highest BCUT2D eigenvalue weighted by Gasteiger charge is 2.24. The molecule has 132 valence electrons. The number of aromatic nitrogens is 1. The average Bonchev–Trinajstić information content (AvgIpc) is 2.61. The molecule has 26 heavy (non-hydrogen) atoms. The van der Waals surface area contributed by atoms with Crippen molar-refractivity contribution in [3.63, 3.8) is 0 Å². The molecule has 0 aliphatic carbocycles. The summed E-state index contributed by atoms with van der Waals surface area (Å²) in [4.78, 5) is 26.6. The minimum atomic E-state index is -0.932. The Balaban J connectivity index is 2.32. The molecule has 0 spiro atoms. The van der Waals surface area contributed by atoms with Crippen molar-refractivity contribution < 1.29 is 14.8 Å². The van der Waals surface area contributed by atoms with Crippen LogP contribution >= 0.6 is 11.6 Å². The second-order valence-corrected chi connectivity index (χ2v) is 6.03. The van der Waals surface area contributed by atoms with E-state index in [1.807, 2.05) is 0 Å². The van der Waals surface area contributed by atoms with Gasteiger partial charge in [-0.25, -0.2) is 0 Å². The van der Waals surface area contributed by atoms with Crippen LogP contribution in [0.2, 0.25) is 5.02 Å². The fourth-order valence-electron chi connectivity index (χ4n) is 2.82. The summed E-state index contributed by atoms with van der Waals surface area (Å²) in [5.74, 6) is -0.900. The molecule has 0 radical (unpaired) electrons. The molecule has 8 heteroatoms. The number of amides is 1. The summed E-state index contributed by atoms with van der Waals surface area (Å²) in [6, 6.07) is 9.91. The number of carbonyl (C=O) groups is 1. The standard InChI is InChI=1S/C18H14ClN3O4/c1-10(23)21-16(11-5-2-3-7-14(11)19)13-9-15(22(25)26)12-6-4-8-20-17(12)18(13)24/h2-9,16,24H,1H3,(H,21,23)/p-1/t16-/m1/s1. The van der Waals surface area contributed by atoms with Crippen LogP contribution in [0.5, 0.6) is 5.75 Å². The molecule has 1 amide bonds. The molecule has 3 rings (SSSR count). The lowest BCUT2D eigenvalue weighted by molar-refractivity contribution is -0.383. The molecule has 0 bridgehead atoms. The number of hydrogen-bond acceptors (Lipinski definition) is 5. The summed E-state index contributed by atoms with van der Waals surface area (Å²) in [6.45, 7) is 1.29. The first kappa shape index (κ1) is 17.6. The monoisotopic (exact) mass is 370 g/mol. The summed E-state index contributed by atoms with van der Waals surface area (Å²) in [7, 11) is 0. The van der Waals surface area contributed by atoms with Gasteiger partial charge in [0.1, 0.15) is 0 Å². The van der Waals surface area contributed by atoms with Crippen molar-refractivity contribution in [1.29, 1.82) is 0 Å². The van der Waals surface area contributed by atoms with Crippen LogP contribution in [-0.2, 0) is 4.79 Å². The molecule has 0 saturated heterocycles.